The summed E-state index contributed by atoms with van der Waals surface area (Å²) in [6.07, 6.45) is 0.290. The maximum absolute atomic E-state index is 12.0. The minimum atomic E-state index is -0.148. The highest BCUT2D eigenvalue weighted by atomic mass is 35.5. The lowest BCUT2D eigenvalue weighted by Gasteiger charge is -2.00. The third-order valence-corrected chi connectivity index (χ3v) is 3.37. The lowest BCUT2D eigenvalue weighted by atomic mass is 10.1. The first-order valence-electron chi connectivity index (χ1n) is 6.77. The van der Waals surface area contributed by atoms with Gasteiger partial charge in [0.25, 0.3) is 0 Å². The third kappa shape index (κ3) is 3.54. The van der Waals surface area contributed by atoms with Gasteiger partial charge in [0, 0.05) is 16.7 Å². The topological polar surface area (TPSA) is 55.1 Å². The molecule has 0 aliphatic carbocycles. The van der Waals surface area contributed by atoms with Crippen LogP contribution in [0.4, 0.5) is 5.88 Å². The van der Waals surface area contributed by atoms with Crippen molar-refractivity contribution in [3.05, 3.63) is 71.2 Å². The Morgan fingerprint density at radius 2 is 1.82 bits per heavy atom. The van der Waals surface area contributed by atoms with E-state index in [9.17, 15) is 4.79 Å². The van der Waals surface area contributed by atoms with E-state index < -0.39 is 0 Å². The molecule has 0 bridgehead atoms. The monoisotopic (exact) mass is 312 g/mol. The number of benzene rings is 2. The van der Waals surface area contributed by atoms with Crippen molar-refractivity contribution in [3.63, 3.8) is 0 Å². The van der Waals surface area contributed by atoms with Crippen LogP contribution < -0.4 is 5.32 Å². The molecule has 0 saturated heterocycles. The number of amides is 1. The van der Waals surface area contributed by atoms with Crippen LogP contribution in [0.1, 0.15) is 5.56 Å². The van der Waals surface area contributed by atoms with Gasteiger partial charge in [-0.3, -0.25) is 10.1 Å². The number of hydrogen-bond acceptors (Lipinski definition) is 3. The van der Waals surface area contributed by atoms with E-state index >= 15 is 0 Å². The van der Waals surface area contributed by atoms with E-state index in [1.54, 1.807) is 18.2 Å². The summed E-state index contributed by atoms with van der Waals surface area (Å²) in [5.74, 6) is 0.177. The number of carbonyl (C=O) groups excluding carboxylic acids is 1. The largest absolute Gasteiger partial charge is 0.338 e. The number of carbonyl (C=O) groups is 1. The lowest BCUT2D eigenvalue weighted by molar-refractivity contribution is -0.115. The summed E-state index contributed by atoms with van der Waals surface area (Å²) in [5, 5.41) is 7.30. The molecule has 1 N–H and O–H groups in total. The maximum Gasteiger partial charge on any atom is 0.231 e. The predicted molar refractivity (Wildman–Crippen MR) is 85.7 cm³/mol. The van der Waals surface area contributed by atoms with E-state index in [4.69, 9.17) is 16.1 Å². The third-order valence-electron chi connectivity index (χ3n) is 3.12. The van der Waals surface area contributed by atoms with Crippen LogP contribution >= 0.6 is 11.6 Å². The molecule has 0 atom stereocenters. The fraction of sp³-hybridized carbons (Fsp3) is 0.0588. The summed E-state index contributed by atoms with van der Waals surface area (Å²) in [6, 6.07) is 18.4. The quantitative estimate of drug-likeness (QED) is 0.786. The second kappa shape index (κ2) is 6.45. The van der Waals surface area contributed by atoms with E-state index in [1.165, 1.54) is 0 Å². The molecular weight excluding hydrogens is 300 g/mol. The summed E-state index contributed by atoms with van der Waals surface area (Å²) in [7, 11) is 0. The fourth-order valence-corrected chi connectivity index (χ4v) is 2.18. The van der Waals surface area contributed by atoms with Gasteiger partial charge < -0.3 is 4.52 Å². The van der Waals surface area contributed by atoms with Crippen molar-refractivity contribution in [1.82, 2.24) is 5.16 Å². The second-order valence-corrected chi connectivity index (χ2v) is 5.23. The molecule has 4 nitrogen and oxygen atoms in total. The number of aromatic nitrogens is 1. The van der Waals surface area contributed by atoms with Crippen LogP contribution in [-0.4, -0.2) is 11.1 Å². The molecular formula is C17H13ClN2O2. The Labute approximate surface area is 132 Å². The summed E-state index contributed by atoms with van der Waals surface area (Å²) in [6.45, 7) is 0. The SMILES string of the molecule is O=C(Cc1ccccc1)Nc1cc(-c2ccc(Cl)cc2)no1. The zero-order chi connectivity index (χ0) is 15.4. The smallest absolute Gasteiger partial charge is 0.231 e. The van der Waals surface area contributed by atoms with Gasteiger partial charge in [0.2, 0.25) is 11.8 Å². The lowest BCUT2D eigenvalue weighted by Crippen LogP contribution is -2.13. The first-order valence-corrected chi connectivity index (χ1v) is 7.15. The molecule has 0 radical (unpaired) electrons. The Morgan fingerprint density at radius 1 is 1.09 bits per heavy atom. The molecule has 0 saturated carbocycles. The number of anilines is 1. The van der Waals surface area contributed by atoms with Gasteiger partial charge in [0.05, 0.1) is 6.42 Å². The average molecular weight is 313 g/mol. The Bertz CT molecular complexity index is 767. The van der Waals surface area contributed by atoms with Crippen LogP contribution in [0.15, 0.2) is 65.2 Å². The molecule has 110 valence electrons. The zero-order valence-corrected chi connectivity index (χ0v) is 12.4. The van der Waals surface area contributed by atoms with Crippen molar-refractivity contribution >= 4 is 23.4 Å². The van der Waals surface area contributed by atoms with Crippen molar-refractivity contribution in [3.8, 4) is 11.3 Å². The van der Waals surface area contributed by atoms with Gasteiger partial charge in [0.1, 0.15) is 5.69 Å². The first kappa shape index (κ1) is 14.4. The Balaban J connectivity index is 1.66. The first-order chi connectivity index (χ1) is 10.7. The van der Waals surface area contributed by atoms with Crippen molar-refractivity contribution in [2.75, 3.05) is 5.32 Å². The molecule has 1 heterocycles. The molecule has 5 heteroatoms. The van der Waals surface area contributed by atoms with Gasteiger partial charge >= 0.3 is 0 Å². The van der Waals surface area contributed by atoms with Crippen LogP contribution in [-0.2, 0) is 11.2 Å². The number of rotatable bonds is 4. The molecule has 0 spiro atoms. The van der Waals surface area contributed by atoms with Gasteiger partial charge in [-0.1, -0.05) is 59.2 Å². The fourth-order valence-electron chi connectivity index (χ4n) is 2.05. The van der Waals surface area contributed by atoms with Gasteiger partial charge in [-0.05, 0) is 17.7 Å². The predicted octanol–water partition coefficient (Wildman–Crippen LogP) is 4.18. The van der Waals surface area contributed by atoms with Crippen LogP contribution in [0.2, 0.25) is 5.02 Å². The second-order valence-electron chi connectivity index (χ2n) is 4.79. The van der Waals surface area contributed by atoms with Gasteiger partial charge in [-0.25, -0.2) is 0 Å². The summed E-state index contributed by atoms with van der Waals surface area (Å²) in [5.41, 5.74) is 2.46. The van der Waals surface area contributed by atoms with Gasteiger partial charge in [-0.15, -0.1) is 0 Å². The van der Waals surface area contributed by atoms with E-state index in [1.807, 2.05) is 42.5 Å². The van der Waals surface area contributed by atoms with Crippen molar-refractivity contribution < 1.29 is 9.32 Å². The van der Waals surface area contributed by atoms with Gasteiger partial charge in [-0.2, -0.15) is 0 Å². The van der Waals surface area contributed by atoms with E-state index in [0.29, 0.717) is 16.6 Å². The van der Waals surface area contributed by atoms with Gasteiger partial charge in [0.15, 0.2) is 0 Å². The minimum Gasteiger partial charge on any atom is -0.338 e. The van der Waals surface area contributed by atoms with Crippen LogP contribution in [0.5, 0.6) is 0 Å². The highest BCUT2D eigenvalue weighted by Crippen LogP contribution is 2.23. The number of nitrogens with one attached hydrogen (secondary N) is 1. The van der Waals surface area contributed by atoms with E-state index in [0.717, 1.165) is 11.1 Å². The molecule has 0 fully saturated rings. The average Bonchev–Trinajstić information content (AvgIpc) is 2.97. The molecule has 1 amide bonds. The Morgan fingerprint density at radius 3 is 2.55 bits per heavy atom. The molecule has 3 aromatic rings. The minimum absolute atomic E-state index is 0.148. The normalized spacial score (nSPS) is 10.4. The van der Waals surface area contributed by atoms with Crippen molar-refractivity contribution in [2.45, 2.75) is 6.42 Å². The molecule has 0 unspecified atom stereocenters. The summed E-state index contributed by atoms with van der Waals surface area (Å²) < 4.78 is 5.14. The number of nitrogens with zero attached hydrogens (tertiary/aromatic N) is 1. The Hall–Kier alpha value is -2.59. The number of hydrogen-bond donors (Lipinski definition) is 1. The maximum atomic E-state index is 12.0. The summed E-state index contributed by atoms with van der Waals surface area (Å²) in [4.78, 5) is 12.0. The highest BCUT2D eigenvalue weighted by molar-refractivity contribution is 6.30. The highest BCUT2D eigenvalue weighted by Gasteiger charge is 2.10. The Kier molecular flexibility index (Phi) is 4.21. The van der Waals surface area contributed by atoms with Crippen LogP contribution in [0.3, 0.4) is 0 Å². The van der Waals surface area contributed by atoms with E-state index in [-0.39, 0.29) is 12.3 Å². The van der Waals surface area contributed by atoms with Crippen molar-refractivity contribution in [2.24, 2.45) is 0 Å². The van der Waals surface area contributed by atoms with Crippen LogP contribution in [0, 0.1) is 0 Å². The van der Waals surface area contributed by atoms with E-state index in [2.05, 4.69) is 10.5 Å². The molecule has 3 rings (SSSR count). The van der Waals surface area contributed by atoms with Crippen molar-refractivity contribution in [1.29, 1.82) is 0 Å². The molecule has 0 aliphatic heterocycles. The molecule has 22 heavy (non-hydrogen) atoms. The number of halogens is 1. The summed E-state index contributed by atoms with van der Waals surface area (Å²) >= 11 is 5.85. The van der Waals surface area contributed by atoms with Crippen LogP contribution in [0.25, 0.3) is 11.3 Å². The molecule has 1 aromatic heterocycles. The zero-order valence-electron chi connectivity index (χ0n) is 11.6. The molecule has 0 aliphatic rings. The molecule has 2 aromatic carbocycles. The standard InChI is InChI=1S/C17H13ClN2O2/c18-14-8-6-13(7-9-14)15-11-17(22-20-15)19-16(21)10-12-4-2-1-3-5-12/h1-9,11H,10H2,(H,19,21).